The van der Waals surface area contributed by atoms with Crippen LogP contribution in [0.25, 0.3) is 0 Å². The Morgan fingerprint density at radius 3 is 2.62 bits per heavy atom. The first-order chi connectivity index (χ1) is 10.1. The van der Waals surface area contributed by atoms with Crippen LogP contribution in [0.3, 0.4) is 0 Å². The van der Waals surface area contributed by atoms with Crippen LogP contribution in [0.4, 0.5) is 0 Å². The van der Waals surface area contributed by atoms with Crippen LogP contribution in [0.15, 0.2) is 30.3 Å². The maximum atomic E-state index is 11.8. The largest absolute Gasteiger partial charge is 0.354 e. The number of carbonyl (C=O) groups excluding carboxylic acids is 2. The Kier molecular flexibility index (Phi) is 5.75. The topological polar surface area (TPSA) is 84.2 Å². The van der Waals surface area contributed by atoms with Gasteiger partial charge in [0.25, 0.3) is 0 Å². The predicted molar refractivity (Wildman–Crippen MR) is 81.5 cm³/mol. The molecule has 1 aliphatic carbocycles. The molecule has 1 atom stereocenters. The Labute approximate surface area is 125 Å². The molecule has 2 amide bonds. The molecule has 1 aromatic carbocycles. The minimum absolute atomic E-state index is 0.00402. The number of aryl methyl sites for hydroxylation is 1. The molecule has 0 heterocycles. The number of rotatable bonds is 8. The fraction of sp³-hybridized carbons (Fsp3) is 0.500. The maximum Gasteiger partial charge on any atom is 0.236 e. The van der Waals surface area contributed by atoms with E-state index in [2.05, 4.69) is 10.6 Å². The summed E-state index contributed by atoms with van der Waals surface area (Å²) in [7, 11) is 0. The van der Waals surface area contributed by atoms with Gasteiger partial charge in [-0.2, -0.15) is 0 Å². The second kappa shape index (κ2) is 7.78. The van der Waals surface area contributed by atoms with Gasteiger partial charge in [0, 0.05) is 19.0 Å². The molecule has 1 unspecified atom stereocenters. The molecule has 21 heavy (non-hydrogen) atoms. The number of nitrogens with two attached hydrogens (primary N) is 1. The van der Waals surface area contributed by atoms with E-state index in [4.69, 9.17) is 5.73 Å². The summed E-state index contributed by atoms with van der Waals surface area (Å²) in [6.07, 6.45) is 3.83. The normalized spacial score (nSPS) is 15.3. The van der Waals surface area contributed by atoms with E-state index in [1.54, 1.807) is 0 Å². The van der Waals surface area contributed by atoms with Crippen LogP contribution in [0.1, 0.15) is 31.2 Å². The van der Waals surface area contributed by atoms with Gasteiger partial charge in [-0.15, -0.1) is 0 Å². The quantitative estimate of drug-likeness (QED) is 0.659. The summed E-state index contributed by atoms with van der Waals surface area (Å²) in [4.78, 5) is 23.3. The first-order valence-corrected chi connectivity index (χ1v) is 7.52. The second-order valence-corrected chi connectivity index (χ2v) is 5.51. The van der Waals surface area contributed by atoms with Crippen LogP contribution >= 0.6 is 0 Å². The van der Waals surface area contributed by atoms with Crippen molar-refractivity contribution in [2.75, 3.05) is 6.54 Å². The zero-order valence-corrected chi connectivity index (χ0v) is 12.2. The summed E-state index contributed by atoms with van der Waals surface area (Å²) in [5.41, 5.74) is 7.03. The van der Waals surface area contributed by atoms with Crippen LogP contribution in [0.2, 0.25) is 0 Å². The molecule has 5 heteroatoms. The Bertz CT molecular complexity index is 472. The molecule has 0 saturated heterocycles. The van der Waals surface area contributed by atoms with Gasteiger partial charge in [-0.05, 0) is 31.2 Å². The third-order valence-electron chi connectivity index (χ3n) is 3.52. The van der Waals surface area contributed by atoms with Gasteiger partial charge in [0.2, 0.25) is 11.8 Å². The first-order valence-electron chi connectivity index (χ1n) is 7.52. The third kappa shape index (κ3) is 5.95. The summed E-state index contributed by atoms with van der Waals surface area (Å²) >= 11 is 0. The molecule has 0 aliphatic heterocycles. The van der Waals surface area contributed by atoms with Crippen molar-refractivity contribution in [1.29, 1.82) is 0 Å². The number of amides is 2. The number of hydrogen-bond acceptors (Lipinski definition) is 3. The first kappa shape index (κ1) is 15.5. The highest BCUT2D eigenvalue weighted by Gasteiger charge is 2.23. The van der Waals surface area contributed by atoms with E-state index in [9.17, 15) is 9.59 Å². The van der Waals surface area contributed by atoms with Crippen LogP contribution in [-0.4, -0.2) is 30.4 Å². The molecule has 4 N–H and O–H groups in total. The van der Waals surface area contributed by atoms with Gasteiger partial charge in [-0.3, -0.25) is 9.59 Å². The standard InChI is InChI=1S/C16H23N3O2/c17-14(9-6-12-4-2-1-3-5-12)16(21)18-11-10-15(20)19-13-7-8-13/h1-5,13-14H,6-11,17H2,(H,18,21)(H,19,20). The van der Waals surface area contributed by atoms with E-state index in [1.165, 1.54) is 5.56 Å². The molecule has 0 spiro atoms. The van der Waals surface area contributed by atoms with Gasteiger partial charge in [0.05, 0.1) is 6.04 Å². The minimum atomic E-state index is -0.531. The van der Waals surface area contributed by atoms with E-state index >= 15 is 0 Å². The lowest BCUT2D eigenvalue weighted by Gasteiger charge is -2.12. The fourth-order valence-corrected chi connectivity index (χ4v) is 2.06. The highest BCUT2D eigenvalue weighted by atomic mass is 16.2. The van der Waals surface area contributed by atoms with Gasteiger partial charge in [0.15, 0.2) is 0 Å². The molecule has 114 valence electrons. The molecular weight excluding hydrogens is 266 g/mol. The summed E-state index contributed by atoms with van der Waals surface area (Å²) < 4.78 is 0. The second-order valence-electron chi connectivity index (χ2n) is 5.51. The molecule has 2 rings (SSSR count). The van der Waals surface area contributed by atoms with Gasteiger partial charge >= 0.3 is 0 Å². The number of nitrogens with one attached hydrogen (secondary N) is 2. The Balaban J connectivity index is 1.59. The Morgan fingerprint density at radius 2 is 1.95 bits per heavy atom. The highest BCUT2D eigenvalue weighted by Crippen LogP contribution is 2.18. The average molecular weight is 289 g/mol. The smallest absolute Gasteiger partial charge is 0.236 e. The van der Waals surface area contributed by atoms with Crippen molar-refractivity contribution in [1.82, 2.24) is 10.6 Å². The predicted octanol–water partition coefficient (Wildman–Crippen LogP) is 0.731. The lowest BCUT2D eigenvalue weighted by Crippen LogP contribution is -2.42. The minimum Gasteiger partial charge on any atom is -0.354 e. The number of hydrogen-bond donors (Lipinski definition) is 3. The van der Waals surface area contributed by atoms with Crippen LogP contribution in [0, 0.1) is 0 Å². The monoisotopic (exact) mass is 289 g/mol. The lowest BCUT2D eigenvalue weighted by molar-refractivity contribution is -0.123. The van der Waals surface area contributed by atoms with Crippen molar-refractivity contribution >= 4 is 11.8 Å². The molecule has 0 aromatic heterocycles. The van der Waals surface area contributed by atoms with Crippen LogP contribution < -0.4 is 16.4 Å². The molecule has 1 aliphatic rings. The molecule has 0 bridgehead atoms. The van der Waals surface area contributed by atoms with E-state index in [-0.39, 0.29) is 11.8 Å². The van der Waals surface area contributed by atoms with Crippen molar-refractivity contribution in [3.63, 3.8) is 0 Å². The average Bonchev–Trinajstić information content (AvgIpc) is 3.29. The number of carbonyl (C=O) groups is 2. The number of benzene rings is 1. The lowest BCUT2D eigenvalue weighted by atomic mass is 10.1. The molecule has 0 radical (unpaired) electrons. The van der Waals surface area contributed by atoms with Gasteiger partial charge in [0.1, 0.15) is 0 Å². The van der Waals surface area contributed by atoms with Gasteiger partial charge in [-0.25, -0.2) is 0 Å². The molecule has 1 fully saturated rings. The zero-order valence-electron chi connectivity index (χ0n) is 12.2. The SMILES string of the molecule is NC(CCc1ccccc1)C(=O)NCCC(=O)NC1CC1. The van der Waals surface area contributed by atoms with Crippen molar-refractivity contribution in [3.05, 3.63) is 35.9 Å². The van der Waals surface area contributed by atoms with E-state index in [1.807, 2.05) is 30.3 Å². The van der Waals surface area contributed by atoms with E-state index in [0.717, 1.165) is 19.3 Å². The molecular formula is C16H23N3O2. The zero-order chi connectivity index (χ0) is 15.1. The summed E-state index contributed by atoms with van der Waals surface area (Å²) in [6, 6.07) is 9.78. The van der Waals surface area contributed by atoms with E-state index in [0.29, 0.717) is 25.4 Å². The summed E-state index contributed by atoms with van der Waals surface area (Å²) in [6.45, 7) is 0.344. The Morgan fingerprint density at radius 1 is 1.24 bits per heavy atom. The van der Waals surface area contributed by atoms with Crippen molar-refractivity contribution < 1.29 is 9.59 Å². The Hall–Kier alpha value is -1.88. The molecule has 5 nitrogen and oxygen atoms in total. The molecule has 1 aromatic rings. The molecule has 1 saturated carbocycles. The summed E-state index contributed by atoms with van der Waals surface area (Å²) in [5, 5.41) is 5.60. The fourth-order valence-electron chi connectivity index (χ4n) is 2.06. The van der Waals surface area contributed by atoms with Gasteiger partial charge < -0.3 is 16.4 Å². The van der Waals surface area contributed by atoms with Crippen molar-refractivity contribution in [2.24, 2.45) is 5.73 Å². The van der Waals surface area contributed by atoms with Gasteiger partial charge in [-0.1, -0.05) is 30.3 Å². The van der Waals surface area contributed by atoms with Crippen LogP contribution in [0.5, 0.6) is 0 Å². The third-order valence-corrected chi connectivity index (χ3v) is 3.52. The van der Waals surface area contributed by atoms with Crippen LogP contribution in [-0.2, 0) is 16.0 Å². The maximum absolute atomic E-state index is 11.8. The van der Waals surface area contributed by atoms with E-state index < -0.39 is 6.04 Å². The highest BCUT2D eigenvalue weighted by molar-refractivity contribution is 5.82. The van der Waals surface area contributed by atoms with Crippen molar-refractivity contribution in [2.45, 2.75) is 44.2 Å². The summed E-state index contributed by atoms with van der Waals surface area (Å²) in [5.74, 6) is -0.194. The van der Waals surface area contributed by atoms with Crippen molar-refractivity contribution in [3.8, 4) is 0 Å².